The Balaban J connectivity index is 1.49. The second-order valence-electron chi connectivity index (χ2n) is 7.01. The van der Waals surface area contributed by atoms with Gasteiger partial charge >= 0.3 is 6.18 Å². The highest BCUT2D eigenvalue weighted by Gasteiger charge is 2.36. The average Bonchev–Trinajstić information content (AvgIpc) is 2.98. The second-order valence-corrected chi connectivity index (χ2v) is 7.01. The van der Waals surface area contributed by atoms with Gasteiger partial charge in [-0.1, -0.05) is 12.1 Å². The van der Waals surface area contributed by atoms with E-state index < -0.39 is 35.8 Å². The summed E-state index contributed by atoms with van der Waals surface area (Å²) in [5.41, 5.74) is 1.14. The molecule has 160 valence electrons. The van der Waals surface area contributed by atoms with Crippen LogP contribution in [0.2, 0.25) is 0 Å². The van der Waals surface area contributed by atoms with Gasteiger partial charge in [0, 0.05) is 12.7 Å². The number of carbonyl (C=O) groups excluding carboxylic acids is 3. The Morgan fingerprint density at radius 3 is 2.68 bits per heavy atom. The molecule has 1 atom stereocenters. The van der Waals surface area contributed by atoms with Crippen molar-refractivity contribution in [1.82, 2.24) is 14.9 Å². The first-order valence-electron chi connectivity index (χ1n) is 9.18. The fraction of sp³-hybridized carbons (Fsp3) is 0.200. The lowest BCUT2D eigenvalue weighted by atomic mass is 10.1. The van der Waals surface area contributed by atoms with Crippen LogP contribution in [-0.2, 0) is 22.8 Å². The van der Waals surface area contributed by atoms with Crippen molar-refractivity contribution in [2.75, 3.05) is 10.6 Å². The van der Waals surface area contributed by atoms with E-state index in [2.05, 4.69) is 20.9 Å². The molecule has 0 fully saturated rings. The summed E-state index contributed by atoms with van der Waals surface area (Å²) in [6.07, 6.45) is -4.97. The van der Waals surface area contributed by atoms with Crippen LogP contribution in [-0.4, -0.2) is 33.3 Å². The minimum absolute atomic E-state index is 0.0589. The topological polar surface area (TPSA) is 105 Å². The lowest BCUT2D eigenvalue weighted by Gasteiger charge is -2.14. The van der Waals surface area contributed by atoms with Crippen LogP contribution in [0.1, 0.15) is 22.6 Å². The molecule has 1 aromatic heterocycles. The molecule has 0 aliphatic carbocycles. The van der Waals surface area contributed by atoms with E-state index in [1.807, 2.05) is 0 Å². The Hall–Kier alpha value is -3.89. The number of rotatable bonds is 3. The first kappa shape index (κ1) is 20.4. The number of carbonyl (C=O) groups is 3. The van der Waals surface area contributed by atoms with E-state index in [4.69, 9.17) is 0 Å². The van der Waals surface area contributed by atoms with Crippen LogP contribution < -0.4 is 16.0 Å². The average molecular weight is 431 g/mol. The van der Waals surface area contributed by atoms with E-state index in [-0.39, 0.29) is 28.7 Å². The molecule has 0 radical (unpaired) electrons. The van der Waals surface area contributed by atoms with Crippen molar-refractivity contribution >= 4 is 40.1 Å². The number of hydrogen-bond acceptors (Lipinski definition) is 4. The highest BCUT2D eigenvalue weighted by Crippen LogP contribution is 2.31. The number of imidazole rings is 1. The molecule has 2 heterocycles. The molecule has 0 bridgehead atoms. The summed E-state index contributed by atoms with van der Waals surface area (Å²) in [6.45, 7) is 0. The third kappa shape index (κ3) is 3.93. The predicted octanol–water partition coefficient (Wildman–Crippen LogP) is 2.67. The summed E-state index contributed by atoms with van der Waals surface area (Å²) in [4.78, 5) is 40.7. The van der Waals surface area contributed by atoms with Crippen LogP contribution in [0.3, 0.4) is 0 Å². The third-order valence-electron chi connectivity index (χ3n) is 4.86. The van der Waals surface area contributed by atoms with Crippen molar-refractivity contribution in [2.24, 2.45) is 7.05 Å². The number of alkyl halides is 3. The molecule has 1 aliphatic rings. The number of nitrogens with one attached hydrogen (secondary N) is 3. The number of anilines is 2. The van der Waals surface area contributed by atoms with Crippen LogP contribution in [0.5, 0.6) is 0 Å². The molecule has 0 saturated heterocycles. The second kappa shape index (κ2) is 7.42. The van der Waals surface area contributed by atoms with Crippen molar-refractivity contribution in [3.05, 3.63) is 53.9 Å². The van der Waals surface area contributed by atoms with Gasteiger partial charge in [0.25, 0.3) is 5.91 Å². The van der Waals surface area contributed by atoms with Gasteiger partial charge in [-0.05, 0) is 30.3 Å². The molecule has 1 aliphatic heterocycles. The number of amides is 3. The number of aromatic nitrogens is 2. The molecule has 8 nitrogen and oxygen atoms in total. The Morgan fingerprint density at radius 2 is 1.94 bits per heavy atom. The minimum Gasteiger partial charge on any atom is -0.340 e. The molecule has 0 spiro atoms. The van der Waals surface area contributed by atoms with Gasteiger partial charge < -0.3 is 20.5 Å². The summed E-state index contributed by atoms with van der Waals surface area (Å²) in [5.74, 6) is -2.70. The number of hydrogen-bond donors (Lipinski definition) is 3. The van der Waals surface area contributed by atoms with Gasteiger partial charge in [0.05, 0.1) is 28.7 Å². The standard InChI is InChI=1S/C20H16F3N5O3/c1-28-15-7-6-10(8-13(15)27-19(28)20(21,22)23)24-16(29)9-14-18(31)25-12-5-3-2-4-11(12)17(30)26-14/h2-8,14H,9H2,1H3,(H,24,29)(H,25,31)(H,26,30)/t14-/m0/s1. The molecule has 0 saturated carbocycles. The lowest BCUT2D eigenvalue weighted by Crippen LogP contribution is -2.43. The quantitative estimate of drug-likeness (QED) is 0.593. The van der Waals surface area contributed by atoms with Crippen molar-refractivity contribution in [1.29, 1.82) is 0 Å². The minimum atomic E-state index is -4.61. The van der Waals surface area contributed by atoms with Crippen molar-refractivity contribution in [3.63, 3.8) is 0 Å². The molecule has 4 rings (SSSR count). The SMILES string of the molecule is Cn1c(C(F)(F)F)nc2cc(NC(=O)C[C@@H]3NC(=O)c4ccccc4NC3=O)ccc21. The fourth-order valence-electron chi connectivity index (χ4n) is 3.38. The van der Waals surface area contributed by atoms with Crippen molar-refractivity contribution in [2.45, 2.75) is 18.6 Å². The van der Waals surface area contributed by atoms with Gasteiger partial charge in [-0.25, -0.2) is 4.98 Å². The largest absolute Gasteiger partial charge is 0.449 e. The molecule has 11 heteroatoms. The maximum absolute atomic E-state index is 13.0. The van der Waals surface area contributed by atoms with E-state index in [1.165, 1.54) is 25.2 Å². The number of benzene rings is 2. The van der Waals surface area contributed by atoms with Crippen molar-refractivity contribution < 1.29 is 27.6 Å². The van der Waals surface area contributed by atoms with Gasteiger partial charge in [-0.15, -0.1) is 0 Å². The molecule has 2 aromatic carbocycles. The Morgan fingerprint density at radius 1 is 1.19 bits per heavy atom. The lowest BCUT2D eigenvalue weighted by molar-refractivity contribution is -0.146. The zero-order valence-corrected chi connectivity index (χ0v) is 16.1. The molecule has 31 heavy (non-hydrogen) atoms. The Kier molecular flexibility index (Phi) is 4.88. The highest BCUT2D eigenvalue weighted by molar-refractivity contribution is 6.11. The summed E-state index contributed by atoms with van der Waals surface area (Å²) in [6, 6.07) is 9.47. The number of nitrogens with zero attached hydrogens (tertiary/aromatic N) is 2. The number of fused-ring (bicyclic) bond motifs is 2. The fourth-order valence-corrected chi connectivity index (χ4v) is 3.38. The Bertz CT molecular complexity index is 1220. The van der Waals surface area contributed by atoms with Crippen LogP contribution in [0.4, 0.5) is 24.5 Å². The zero-order chi connectivity index (χ0) is 22.3. The van der Waals surface area contributed by atoms with E-state index in [9.17, 15) is 27.6 Å². The van der Waals surface area contributed by atoms with E-state index in [1.54, 1.807) is 24.3 Å². The molecule has 3 aromatic rings. The van der Waals surface area contributed by atoms with E-state index >= 15 is 0 Å². The molecule has 3 amide bonds. The normalized spacial score (nSPS) is 16.3. The van der Waals surface area contributed by atoms with Gasteiger partial charge in [-0.3, -0.25) is 14.4 Å². The maximum Gasteiger partial charge on any atom is 0.449 e. The van der Waals surface area contributed by atoms with Crippen molar-refractivity contribution in [3.8, 4) is 0 Å². The maximum atomic E-state index is 13.0. The van der Waals surface area contributed by atoms with Gasteiger partial charge in [-0.2, -0.15) is 13.2 Å². The summed E-state index contributed by atoms with van der Waals surface area (Å²) in [7, 11) is 1.25. The van der Waals surface area contributed by atoms with Gasteiger partial charge in [0.15, 0.2) is 0 Å². The van der Waals surface area contributed by atoms with Crippen LogP contribution in [0.25, 0.3) is 11.0 Å². The number of para-hydroxylation sites is 1. The van der Waals surface area contributed by atoms with Crippen LogP contribution in [0, 0.1) is 0 Å². The monoisotopic (exact) mass is 431 g/mol. The summed E-state index contributed by atoms with van der Waals surface area (Å²) in [5, 5.41) is 7.63. The Labute approximate surface area is 173 Å². The van der Waals surface area contributed by atoms with Crippen LogP contribution >= 0.6 is 0 Å². The zero-order valence-electron chi connectivity index (χ0n) is 16.1. The first-order valence-corrected chi connectivity index (χ1v) is 9.18. The predicted molar refractivity (Wildman–Crippen MR) is 105 cm³/mol. The third-order valence-corrected chi connectivity index (χ3v) is 4.86. The summed E-state index contributed by atoms with van der Waals surface area (Å²) >= 11 is 0. The van der Waals surface area contributed by atoms with E-state index in [0.29, 0.717) is 5.69 Å². The van der Waals surface area contributed by atoms with E-state index in [0.717, 1.165) is 4.57 Å². The highest BCUT2D eigenvalue weighted by atomic mass is 19.4. The van der Waals surface area contributed by atoms with Gasteiger partial charge in [0.1, 0.15) is 6.04 Å². The molecular weight excluding hydrogens is 415 g/mol. The van der Waals surface area contributed by atoms with Gasteiger partial charge in [0.2, 0.25) is 17.6 Å². The number of halogens is 3. The smallest absolute Gasteiger partial charge is 0.340 e. The summed E-state index contributed by atoms with van der Waals surface area (Å²) < 4.78 is 40.0. The van der Waals surface area contributed by atoms with Crippen LogP contribution in [0.15, 0.2) is 42.5 Å². The number of aryl methyl sites for hydroxylation is 1. The molecule has 0 unspecified atom stereocenters. The first-order chi connectivity index (χ1) is 14.6. The molecular formula is C20H16F3N5O3. The molecule has 3 N–H and O–H groups in total.